The maximum atomic E-state index is 12.4. The lowest BCUT2D eigenvalue weighted by molar-refractivity contribution is 0.610. The molecule has 0 amide bonds. The van der Waals surface area contributed by atoms with Gasteiger partial charge < -0.3 is 0 Å². The Morgan fingerprint density at radius 3 is 2.36 bits per heavy atom. The van der Waals surface area contributed by atoms with E-state index in [0.29, 0.717) is 10.7 Å². The van der Waals surface area contributed by atoms with Crippen LogP contribution in [0, 0.1) is 12.7 Å². The van der Waals surface area contributed by atoms with E-state index in [1.165, 1.54) is 12.3 Å². The van der Waals surface area contributed by atoms with Crippen molar-refractivity contribution < 1.29 is 4.39 Å². The average molecular weight is 176 g/mol. The van der Waals surface area contributed by atoms with E-state index < -0.39 is 0 Å². The summed E-state index contributed by atoms with van der Waals surface area (Å²) in [6.45, 7) is 5.59. The maximum Gasteiger partial charge on any atom is 0.145 e. The third kappa shape index (κ3) is 3.33. The second-order valence-corrected chi connectivity index (χ2v) is 2.16. The van der Waals surface area contributed by atoms with Crippen molar-refractivity contribution >= 4 is 11.6 Å². The highest BCUT2D eigenvalue weighted by Gasteiger charge is 1.96. The normalized spacial score (nSPS) is 8.45. The van der Waals surface area contributed by atoms with Gasteiger partial charge >= 0.3 is 0 Å². The molecule has 11 heavy (non-hydrogen) atoms. The molecular weight excluding hydrogens is 165 g/mol. The first-order chi connectivity index (χ1) is 5.20. The molecule has 0 N–H and O–H groups in total. The number of hydrogen-bond donors (Lipinski definition) is 0. The molecular formula is C8H11ClFN. The van der Waals surface area contributed by atoms with Crippen molar-refractivity contribution in [3.63, 3.8) is 0 Å². The third-order valence-corrected chi connectivity index (χ3v) is 1.20. The minimum Gasteiger partial charge on any atom is -0.257 e. The molecule has 0 saturated heterocycles. The molecule has 0 aliphatic rings. The third-order valence-electron chi connectivity index (χ3n) is 0.992. The smallest absolute Gasteiger partial charge is 0.145 e. The Morgan fingerprint density at radius 1 is 1.45 bits per heavy atom. The van der Waals surface area contributed by atoms with Crippen LogP contribution in [0.2, 0.25) is 5.02 Å². The summed E-state index contributed by atoms with van der Waals surface area (Å²) in [6, 6.07) is 1.24. The van der Waals surface area contributed by atoms with Gasteiger partial charge in [-0.2, -0.15) is 0 Å². The minimum absolute atomic E-state index is 0.332. The predicted octanol–water partition coefficient (Wildman–Crippen LogP) is 3.21. The van der Waals surface area contributed by atoms with Crippen LogP contribution in [-0.4, -0.2) is 4.98 Å². The molecule has 0 aliphatic carbocycles. The lowest BCUT2D eigenvalue weighted by Gasteiger charge is -1.92. The summed E-state index contributed by atoms with van der Waals surface area (Å²) in [6.07, 6.45) is 1.42. The van der Waals surface area contributed by atoms with Crippen LogP contribution in [0.25, 0.3) is 0 Å². The van der Waals surface area contributed by atoms with Crippen molar-refractivity contribution in [1.82, 2.24) is 4.98 Å². The van der Waals surface area contributed by atoms with Gasteiger partial charge in [0.15, 0.2) is 0 Å². The molecule has 0 unspecified atom stereocenters. The SMILES string of the molecule is CC.Cc1ncc(Cl)cc1F. The van der Waals surface area contributed by atoms with Gasteiger partial charge in [0.1, 0.15) is 5.82 Å². The van der Waals surface area contributed by atoms with Gasteiger partial charge in [-0.1, -0.05) is 25.4 Å². The van der Waals surface area contributed by atoms with Crippen molar-refractivity contribution in [2.24, 2.45) is 0 Å². The Labute approximate surface area is 71.2 Å². The van der Waals surface area contributed by atoms with Crippen molar-refractivity contribution in [2.45, 2.75) is 20.8 Å². The van der Waals surface area contributed by atoms with E-state index in [2.05, 4.69) is 4.98 Å². The quantitative estimate of drug-likeness (QED) is 0.590. The van der Waals surface area contributed by atoms with Crippen LogP contribution in [-0.2, 0) is 0 Å². The zero-order chi connectivity index (χ0) is 8.85. The first kappa shape index (κ1) is 10.4. The molecule has 0 saturated carbocycles. The molecule has 0 spiro atoms. The fourth-order valence-corrected chi connectivity index (χ4v) is 0.628. The topological polar surface area (TPSA) is 12.9 Å². The minimum atomic E-state index is -0.359. The summed E-state index contributed by atoms with van der Waals surface area (Å²) in [7, 11) is 0. The largest absolute Gasteiger partial charge is 0.257 e. The zero-order valence-electron chi connectivity index (χ0n) is 6.86. The monoisotopic (exact) mass is 175 g/mol. The number of nitrogens with zero attached hydrogens (tertiary/aromatic N) is 1. The van der Waals surface area contributed by atoms with E-state index in [0.717, 1.165) is 0 Å². The second kappa shape index (κ2) is 5.08. The lowest BCUT2D eigenvalue weighted by atomic mass is 10.4. The Balaban J connectivity index is 0.000000461. The van der Waals surface area contributed by atoms with E-state index in [1.807, 2.05) is 13.8 Å². The number of hydrogen-bond acceptors (Lipinski definition) is 1. The molecule has 0 bridgehead atoms. The van der Waals surface area contributed by atoms with Gasteiger partial charge in [-0.25, -0.2) is 4.39 Å². The molecule has 1 aromatic heterocycles. The van der Waals surface area contributed by atoms with Gasteiger partial charge in [-0.05, 0) is 13.0 Å². The summed E-state index contributed by atoms with van der Waals surface area (Å²) < 4.78 is 12.4. The Bertz CT molecular complexity index is 225. The standard InChI is InChI=1S/C6H5ClFN.C2H6/c1-4-6(8)2-5(7)3-9-4;1-2/h2-3H,1H3;1-2H3. The Kier molecular flexibility index (Phi) is 4.79. The summed E-state index contributed by atoms with van der Waals surface area (Å²) in [5.74, 6) is -0.359. The molecule has 0 aromatic carbocycles. The number of rotatable bonds is 0. The highest BCUT2D eigenvalue weighted by molar-refractivity contribution is 6.30. The van der Waals surface area contributed by atoms with Crippen LogP contribution in [0.5, 0.6) is 0 Å². The van der Waals surface area contributed by atoms with Gasteiger partial charge in [0.25, 0.3) is 0 Å². The highest BCUT2D eigenvalue weighted by atomic mass is 35.5. The summed E-state index contributed by atoms with van der Waals surface area (Å²) in [4.78, 5) is 3.67. The second-order valence-electron chi connectivity index (χ2n) is 1.72. The molecule has 0 atom stereocenters. The van der Waals surface area contributed by atoms with E-state index in [1.54, 1.807) is 6.92 Å². The van der Waals surface area contributed by atoms with E-state index >= 15 is 0 Å². The zero-order valence-corrected chi connectivity index (χ0v) is 7.61. The number of halogens is 2. The number of aromatic nitrogens is 1. The summed E-state index contributed by atoms with van der Waals surface area (Å²) in [5.41, 5.74) is 0.374. The number of pyridine rings is 1. The Hall–Kier alpha value is -0.630. The van der Waals surface area contributed by atoms with Crippen LogP contribution < -0.4 is 0 Å². The van der Waals surface area contributed by atoms with Crippen LogP contribution in [0.1, 0.15) is 19.5 Å². The van der Waals surface area contributed by atoms with Gasteiger partial charge in [0.2, 0.25) is 0 Å². The lowest BCUT2D eigenvalue weighted by Crippen LogP contribution is -1.84. The van der Waals surface area contributed by atoms with E-state index in [-0.39, 0.29) is 5.82 Å². The molecule has 1 nitrogen and oxygen atoms in total. The van der Waals surface area contributed by atoms with Crippen molar-refractivity contribution in [1.29, 1.82) is 0 Å². The molecule has 0 aliphatic heterocycles. The molecule has 0 radical (unpaired) electrons. The molecule has 0 fully saturated rings. The molecule has 1 heterocycles. The van der Waals surface area contributed by atoms with Crippen molar-refractivity contribution in [2.75, 3.05) is 0 Å². The molecule has 3 heteroatoms. The van der Waals surface area contributed by atoms with E-state index in [9.17, 15) is 4.39 Å². The van der Waals surface area contributed by atoms with Crippen molar-refractivity contribution in [3.05, 3.63) is 28.8 Å². The first-order valence-electron chi connectivity index (χ1n) is 3.48. The van der Waals surface area contributed by atoms with Gasteiger partial charge in [-0.3, -0.25) is 4.98 Å². The first-order valence-corrected chi connectivity index (χ1v) is 3.85. The molecule has 1 rings (SSSR count). The van der Waals surface area contributed by atoms with Crippen LogP contribution in [0.15, 0.2) is 12.3 Å². The predicted molar refractivity (Wildman–Crippen MR) is 45.3 cm³/mol. The fourth-order valence-electron chi connectivity index (χ4n) is 0.483. The fraction of sp³-hybridized carbons (Fsp3) is 0.375. The highest BCUT2D eigenvalue weighted by Crippen LogP contribution is 2.09. The molecule has 62 valence electrons. The van der Waals surface area contributed by atoms with Gasteiger partial charge in [0, 0.05) is 6.20 Å². The van der Waals surface area contributed by atoms with Crippen LogP contribution in [0.4, 0.5) is 4.39 Å². The van der Waals surface area contributed by atoms with Gasteiger partial charge in [-0.15, -0.1) is 0 Å². The summed E-state index contributed by atoms with van der Waals surface area (Å²) in [5, 5.41) is 0.332. The maximum absolute atomic E-state index is 12.4. The number of aryl methyl sites for hydroxylation is 1. The van der Waals surface area contributed by atoms with Crippen LogP contribution in [0.3, 0.4) is 0 Å². The van der Waals surface area contributed by atoms with Gasteiger partial charge in [0.05, 0.1) is 10.7 Å². The average Bonchev–Trinajstić information content (AvgIpc) is 2.02. The van der Waals surface area contributed by atoms with E-state index in [4.69, 9.17) is 11.6 Å². The molecule has 1 aromatic rings. The van der Waals surface area contributed by atoms with Crippen LogP contribution >= 0.6 is 11.6 Å². The van der Waals surface area contributed by atoms with Crippen molar-refractivity contribution in [3.8, 4) is 0 Å². The summed E-state index contributed by atoms with van der Waals surface area (Å²) >= 11 is 5.41. The Morgan fingerprint density at radius 2 is 2.00 bits per heavy atom.